The van der Waals surface area contributed by atoms with E-state index in [2.05, 4.69) is 11.8 Å². The molecule has 3 nitrogen and oxygen atoms in total. The molecule has 0 saturated heterocycles. The first-order chi connectivity index (χ1) is 5.84. The van der Waals surface area contributed by atoms with Gasteiger partial charge in [0.05, 0.1) is 5.88 Å². The van der Waals surface area contributed by atoms with Gasteiger partial charge in [0.15, 0.2) is 6.61 Å². The second-order valence-corrected chi connectivity index (χ2v) is 2.90. The molecule has 0 fully saturated rings. The molecule has 12 heavy (non-hydrogen) atoms. The Balaban J connectivity index is 2.26. The highest BCUT2D eigenvalue weighted by Gasteiger charge is 2.14. The van der Waals surface area contributed by atoms with Crippen molar-refractivity contribution >= 4 is 17.9 Å². The second-order valence-electron chi connectivity index (χ2n) is 2.03. The van der Waals surface area contributed by atoms with Gasteiger partial charge in [0.2, 0.25) is 0 Å². The Bertz CT molecular complexity index is 252. The number of rotatable bonds is 1. The highest BCUT2D eigenvalue weighted by Crippen LogP contribution is 2.15. The lowest BCUT2D eigenvalue weighted by molar-refractivity contribution is 0.135. The molecule has 1 heterocycles. The Morgan fingerprint density at radius 2 is 2.67 bits per heavy atom. The fourth-order valence-corrected chi connectivity index (χ4v) is 1.32. The van der Waals surface area contributed by atoms with Crippen molar-refractivity contribution in [2.75, 3.05) is 12.5 Å². The third-order valence-corrected chi connectivity index (χ3v) is 1.97. The van der Waals surface area contributed by atoms with E-state index in [4.69, 9.17) is 4.74 Å². The lowest BCUT2D eigenvalue weighted by atomic mass is 10.6. The molecule has 0 aromatic carbocycles. The fourth-order valence-electron chi connectivity index (χ4n) is 0.649. The topological polar surface area (TPSA) is 29.5 Å². The third-order valence-electron chi connectivity index (χ3n) is 1.23. The molecule has 0 aliphatic carbocycles. The van der Waals surface area contributed by atoms with Crippen LogP contribution in [0.4, 0.5) is 4.79 Å². The summed E-state index contributed by atoms with van der Waals surface area (Å²) in [4.78, 5) is 12.6. The SMILES string of the molecule is CC#CCOC(=O)N1C=CSC1. The summed E-state index contributed by atoms with van der Waals surface area (Å²) in [6.45, 7) is 1.88. The maximum absolute atomic E-state index is 11.1. The third kappa shape index (κ3) is 2.51. The molecule has 0 atom stereocenters. The molecule has 0 radical (unpaired) electrons. The molecule has 1 aliphatic heterocycles. The van der Waals surface area contributed by atoms with E-state index in [0.717, 1.165) is 0 Å². The number of hydrogen-bond donors (Lipinski definition) is 0. The minimum absolute atomic E-state index is 0.171. The van der Waals surface area contributed by atoms with Gasteiger partial charge in [-0.1, -0.05) is 5.92 Å². The zero-order valence-corrected chi connectivity index (χ0v) is 7.56. The van der Waals surface area contributed by atoms with Gasteiger partial charge in [0, 0.05) is 6.20 Å². The number of thioether (sulfide) groups is 1. The van der Waals surface area contributed by atoms with Gasteiger partial charge in [-0.15, -0.1) is 17.7 Å². The van der Waals surface area contributed by atoms with Crippen molar-refractivity contribution in [1.82, 2.24) is 4.90 Å². The Hall–Kier alpha value is -1.08. The van der Waals surface area contributed by atoms with Crippen molar-refractivity contribution in [3.05, 3.63) is 11.6 Å². The molecule has 0 bridgehead atoms. The number of carbonyl (C=O) groups is 1. The van der Waals surface area contributed by atoms with Gasteiger partial charge in [-0.25, -0.2) is 4.79 Å². The van der Waals surface area contributed by atoms with E-state index < -0.39 is 0 Å². The quantitative estimate of drug-likeness (QED) is 0.578. The molecular weight excluding hydrogens is 174 g/mol. The molecule has 0 N–H and O–H groups in total. The molecule has 1 aliphatic rings. The normalized spacial score (nSPS) is 13.9. The van der Waals surface area contributed by atoms with Gasteiger partial charge in [0.1, 0.15) is 0 Å². The van der Waals surface area contributed by atoms with E-state index in [0.29, 0.717) is 5.88 Å². The minimum atomic E-state index is -0.334. The van der Waals surface area contributed by atoms with Gasteiger partial charge in [-0.3, -0.25) is 4.90 Å². The van der Waals surface area contributed by atoms with Crippen LogP contribution in [-0.2, 0) is 4.74 Å². The standard InChI is InChI=1S/C8H9NO2S/c1-2-3-5-11-8(10)9-4-6-12-7-9/h4,6H,5,7H2,1H3. The molecule has 1 rings (SSSR count). The van der Waals surface area contributed by atoms with Crippen LogP contribution in [0.2, 0.25) is 0 Å². The summed E-state index contributed by atoms with van der Waals surface area (Å²) in [7, 11) is 0. The largest absolute Gasteiger partial charge is 0.436 e. The Morgan fingerprint density at radius 3 is 3.25 bits per heavy atom. The number of carbonyl (C=O) groups excluding carboxylic acids is 1. The first-order valence-corrected chi connectivity index (χ1v) is 4.50. The maximum Gasteiger partial charge on any atom is 0.415 e. The summed E-state index contributed by atoms with van der Waals surface area (Å²) in [6.07, 6.45) is 1.37. The first-order valence-electron chi connectivity index (χ1n) is 3.46. The lowest BCUT2D eigenvalue weighted by Crippen LogP contribution is -2.23. The summed E-state index contributed by atoms with van der Waals surface area (Å²) in [5.41, 5.74) is 0. The summed E-state index contributed by atoms with van der Waals surface area (Å²) in [6, 6.07) is 0. The Kier molecular flexibility index (Phi) is 3.55. The van der Waals surface area contributed by atoms with Crippen molar-refractivity contribution in [2.24, 2.45) is 0 Å². The van der Waals surface area contributed by atoms with Crippen LogP contribution in [0.5, 0.6) is 0 Å². The van der Waals surface area contributed by atoms with Crippen molar-refractivity contribution in [2.45, 2.75) is 6.92 Å². The van der Waals surface area contributed by atoms with E-state index in [1.54, 1.807) is 24.9 Å². The van der Waals surface area contributed by atoms with Crippen LogP contribution in [-0.4, -0.2) is 23.5 Å². The summed E-state index contributed by atoms with van der Waals surface area (Å²) in [5, 5.41) is 1.85. The molecule has 0 unspecified atom stereocenters. The highest BCUT2D eigenvalue weighted by molar-refractivity contribution is 8.02. The molecule has 0 aromatic heterocycles. The van der Waals surface area contributed by atoms with Gasteiger partial charge >= 0.3 is 6.09 Å². The van der Waals surface area contributed by atoms with Crippen molar-refractivity contribution in [3.63, 3.8) is 0 Å². The number of amides is 1. The summed E-state index contributed by atoms with van der Waals surface area (Å²) < 4.78 is 4.82. The van der Waals surface area contributed by atoms with E-state index in [1.165, 1.54) is 4.90 Å². The first kappa shape index (κ1) is 9.01. The van der Waals surface area contributed by atoms with Crippen LogP contribution in [0, 0.1) is 11.8 Å². The monoisotopic (exact) mass is 183 g/mol. The maximum atomic E-state index is 11.1. The Labute approximate surface area is 75.8 Å². The number of hydrogen-bond acceptors (Lipinski definition) is 3. The highest BCUT2D eigenvalue weighted by atomic mass is 32.2. The number of ether oxygens (including phenoxy) is 1. The smallest absolute Gasteiger partial charge is 0.415 e. The van der Waals surface area contributed by atoms with Crippen molar-refractivity contribution in [1.29, 1.82) is 0 Å². The van der Waals surface area contributed by atoms with E-state index in [1.807, 2.05) is 5.41 Å². The van der Waals surface area contributed by atoms with Gasteiger partial charge in [-0.2, -0.15) is 0 Å². The zero-order valence-electron chi connectivity index (χ0n) is 6.74. The van der Waals surface area contributed by atoms with Gasteiger partial charge in [0.25, 0.3) is 0 Å². The van der Waals surface area contributed by atoms with E-state index in [9.17, 15) is 4.79 Å². The lowest BCUT2D eigenvalue weighted by Gasteiger charge is -2.10. The second kappa shape index (κ2) is 4.73. The van der Waals surface area contributed by atoms with Crippen LogP contribution in [0.1, 0.15) is 6.92 Å². The fraction of sp³-hybridized carbons (Fsp3) is 0.375. The molecule has 1 amide bonds. The molecule has 64 valence electrons. The summed E-state index contributed by atoms with van der Waals surface area (Å²) in [5.74, 6) is 5.93. The number of nitrogens with zero attached hydrogens (tertiary/aromatic N) is 1. The van der Waals surface area contributed by atoms with Crippen LogP contribution < -0.4 is 0 Å². The van der Waals surface area contributed by atoms with Crippen molar-refractivity contribution in [3.8, 4) is 11.8 Å². The average molecular weight is 183 g/mol. The average Bonchev–Trinajstić information content (AvgIpc) is 2.56. The van der Waals surface area contributed by atoms with Gasteiger partial charge < -0.3 is 4.74 Å². The minimum Gasteiger partial charge on any atom is -0.436 e. The van der Waals surface area contributed by atoms with Crippen LogP contribution in [0.15, 0.2) is 11.6 Å². The Morgan fingerprint density at radius 1 is 1.83 bits per heavy atom. The van der Waals surface area contributed by atoms with Crippen LogP contribution in [0.25, 0.3) is 0 Å². The zero-order chi connectivity index (χ0) is 8.81. The molecule has 0 spiro atoms. The van der Waals surface area contributed by atoms with Crippen molar-refractivity contribution < 1.29 is 9.53 Å². The predicted molar refractivity (Wildman–Crippen MR) is 48.2 cm³/mol. The van der Waals surface area contributed by atoms with Gasteiger partial charge in [-0.05, 0) is 12.3 Å². The summed E-state index contributed by atoms with van der Waals surface area (Å²) >= 11 is 1.56. The van der Waals surface area contributed by atoms with E-state index in [-0.39, 0.29) is 12.7 Å². The molecule has 4 heteroatoms. The van der Waals surface area contributed by atoms with Crippen LogP contribution in [0.3, 0.4) is 0 Å². The molecule has 0 aromatic rings. The van der Waals surface area contributed by atoms with E-state index >= 15 is 0 Å². The predicted octanol–water partition coefficient (Wildman–Crippen LogP) is 1.62. The van der Waals surface area contributed by atoms with Crippen LogP contribution >= 0.6 is 11.8 Å². The molecular formula is C8H9NO2S. The molecule has 0 saturated carbocycles.